The van der Waals surface area contributed by atoms with Gasteiger partial charge in [-0.25, -0.2) is 4.98 Å². The van der Waals surface area contributed by atoms with E-state index in [0.717, 1.165) is 54.7 Å². The van der Waals surface area contributed by atoms with Crippen LogP contribution in [0.2, 0.25) is 0 Å². The molecule has 1 saturated heterocycles. The Balaban J connectivity index is 1.75. The molecule has 2 aromatic rings. The number of aliphatic hydroxyl groups is 1. The Morgan fingerprint density at radius 1 is 1.36 bits per heavy atom. The predicted octanol–water partition coefficient (Wildman–Crippen LogP) is 2.03. The summed E-state index contributed by atoms with van der Waals surface area (Å²) in [7, 11) is 2.16. The van der Waals surface area contributed by atoms with Crippen molar-refractivity contribution >= 4 is 21.6 Å². The zero-order chi connectivity index (χ0) is 15.6. The van der Waals surface area contributed by atoms with Crippen molar-refractivity contribution in [3.8, 4) is 0 Å². The van der Waals surface area contributed by atoms with Gasteiger partial charge in [0.15, 0.2) is 0 Å². The standard InChI is InChI=1S/C16H23BrN4O/c1-20-7-4-16(5-8-20,6-9-22)19-11-14-10-18-15-3-2-13(17)12-21(14)15/h2-3,10,12,19,22H,4-9,11H2,1H3. The molecule has 2 aromatic heterocycles. The Bertz CT molecular complexity index is 634. The average molecular weight is 367 g/mol. The third kappa shape index (κ3) is 3.35. The predicted molar refractivity (Wildman–Crippen MR) is 90.9 cm³/mol. The van der Waals surface area contributed by atoms with Gasteiger partial charge in [0.1, 0.15) is 5.65 Å². The number of imidazole rings is 1. The molecule has 1 fully saturated rings. The van der Waals surface area contributed by atoms with Crippen LogP contribution in [0.1, 0.15) is 25.0 Å². The summed E-state index contributed by atoms with van der Waals surface area (Å²) < 4.78 is 3.15. The van der Waals surface area contributed by atoms with Crippen LogP contribution in [-0.2, 0) is 6.54 Å². The Morgan fingerprint density at radius 3 is 2.86 bits per heavy atom. The van der Waals surface area contributed by atoms with Crippen LogP contribution in [0.25, 0.3) is 5.65 Å². The number of hydrogen-bond acceptors (Lipinski definition) is 4. The molecular weight excluding hydrogens is 344 g/mol. The Kier molecular flexibility index (Phi) is 4.82. The minimum atomic E-state index is 0.0391. The number of fused-ring (bicyclic) bond motifs is 1. The average Bonchev–Trinajstić information content (AvgIpc) is 2.91. The molecule has 2 N–H and O–H groups in total. The molecule has 120 valence electrons. The quantitative estimate of drug-likeness (QED) is 0.849. The van der Waals surface area contributed by atoms with Crippen LogP contribution in [-0.4, -0.2) is 51.7 Å². The lowest BCUT2D eigenvalue weighted by molar-refractivity contribution is 0.121. The normalized spacial score (nSPS) is 18.9. The molecule has 3 heterocycles. The van der Waals surface area contributed by atoms with Crippen molar-refractivity contribution in [1.29, 1.82) is 0 Å². The molecule has 0 atom stereocenters. The molecule has 22 heavy (non-hydrogen) atoms. The van der Waals surface area contributed by atoms with Gasteiger partial charge >= 0.3 is 0 Å². The van der Waals surface area contributed by atoms with E-state index < -0.39 is 0 Å². The van der Waals surface area contributed by atoms with Gasteiger partial charge in [0.05, 0.1) is 11.9 Å². The fourth-order valence-electron chi connectivity index (χ4n) is 3.19. The summed E-state index contributed by atoms with van der Waals surface area (Å²) >= 11 is 3.51. The van der Waals surface area contributed by atoms with E-state index in [0.29, 0.717) is 0 Å². The summed E-state index contributed by atoms with van der Waals surface area (Å²) in [5.74, 6) is 0. The second-order valence-corrected chi connectivity index (χ2v) is 7.15. The first kappa shape index (κ1) is 15.9. The molecule has 1 aliphatic heterocycles. The van der Waals surface area contributed by atoms with E-state index in [1.54, 1.807) is 0 Å². The molecule has 0 aromatic carbocycles. The summed E-state index contributed by atoms with van der Waals surface area (Å²) in [6.45, 7) is 3.15. The van der Waals surface area contributed by atoms with Gasteiger partial charge in [-0.2, -0.15) is 0 Å². The van der Waals surface area contributed by atoms with Crippen LogP contribution >= 0.6 is 15.9 Å². The number of rotatable bonds is 5. The van der Waals surface area contributed by atoms with Crippen LogP contribution < -0.4 is 5.32 Å². The van der Waals surface area contributed by atoms with E-state index >= 15 is 0 Å². The van der Waals surface area contributed by atoms with Gasteiger partial charge in [0.2, 0.25) is 0 Å². The maximum Gasteiger partial charge on any atom is 0.136 e. The second kappa shape index (κ2) is 6.66. The van der Waals surface area contributed by atoms with E-state index in [9.17, 15) is 5.11 Å². The topological polar surface area (TPSA) is 52.8 Å². The molecule has 5 nitrogen and oxygen atoms in total. The van der Waals surface area contributed by atoms with Gasteiger partial charge in [-0.1, -0.05) is 0 Å². The zero-order valence-corrected chi connectivity index (χ0v) is 14.5. The van der Waals surface area contributed by atoms with Crippen LogP contribution in [0.4, 0.5) is 0 Å². The number of nitrogens with zero attached hydrogens (tertiary/aromatic N) is 3. The molecule has 0 spiro atoms. The first-order valence-electron chi connectivity index (χ1n) is 7.78. The fourth-order valence-corrected chi connectivity index (χ4v) is 3.53. The van der Waals surface area contributed by atoms with E-state index in [1.165, 1.54) is 0 Å². The number of nitrogens with one attached hydrogen (secondary N) is 1. The smallest absolute Gasteiger partial charge is 0.136 e. The van der Waals surface area contributed by atoms with Crippen molar-refractivity contribution in [3.63, 3.8) is 0 Å². The monoisotopic (exact) mass is 366 g/mol. The van der Waals surface area contributed by atoms with Gasteiger partial charge in [-0.3, -0.25) is 0 Å². The number of aliphatic hydroxyl groups excluding tert-OH is 1. The van der Waals surface area contributed by atoms with Crippen LogP contribution in [0.5, 0.6) is 0 Å². The molecule has 0 aliphatic carbocycles. The van der Waals surface area contributed by atoms with E-state index in [4.69, 9.17) is 0 Å². The van der Waals surface area contributed by atoms with Gasteiger partial charge in [0.25, 0.3) is 0 Å². The molecular formula is C16H23BrN4O. The molecule has 1 aliphatic rings. The highest BCUT2D eigenvalue weighted by Crippen LogP contribution is 2.25. The zero-order valence-electron chi connectivity index (χ0n) is 12.9. The molecule has 6 heteroatoms. The molecule has 0 radical (unpaired) electrons. The second-order valence-electron chi connectivity index (χ2n) is 6.24. The largest absolute Gasteiger partial charge is 0.396 e. The third-order valence-electron chi connectivity index (χ3n) is 4.73. The third-order valence-corrected chi connectivity index (χ3v) is 5.19. The highest BCUT2D eigenvalue weighted by Gasteiger charge is 2.32. The van der Waals surface area contributed by atoms with Gasteiger partial charge in [0, 0.05) is 29.4 Å². The van der Waals surface area contributed by atoms with Crippen molar-refractivity contribution in [2.45, 2.75) is 31.3 Å². The van der Waals surface area contributed by atoms with Gasteiger partial charge in [-0.15, -0.1) is 0 Å². The summed E-state index contributed by atoms with van der Waals surface area (Å²) in [6, 6.07) is 4.01. The lowest BCUT2D eigenvalue weighted by Gasteiger charge is -2.41. The Morgan fingerprint density at radius 2 is 2.14 bits per heavy atom. The summed E-state index contributed by atoms with van der Waals surface area (Å²) in [6.07, 6.45) is 6.93. The summed E-state index contributed by atoms with van der Waals surface area (Å²) in [5, 5.41) is 13.1. The minimum absolute atomic E-state index is 0.0391. The number of likely N-dealkylation sites (tertiary alicyclic amines) is 1. The van der Waals surface area contributed by atoms with Crippen LogP contribution in [0.15, 0.2) is 29.0 Å². The highest BCUT2D eigenvalue weighted by atomic mass is 79.9. The summed E-state index contributed by atoms with van der Waals surface area (Å²) in [5.41, 5.74) is 2.14. The van der Waals surface area contributed by atoms with Crippen LogP contribution in [0.3, 0.4) is 0 Å². The van der Waals surface area contributed by atoms with Crippen molar-refractivity contribution in [3.05, 3.63) is 34.7 Å². The molecule has 0 bridgehead atoms. The fraction of sp³-hybridized carbons (Fsp3) is 0.562. The van der Waals surface area contributed by atoms with E-state index in [1.807, 2.05) is 24.5 Å². The van der Waals surface area contributed by atoms with Gasteiger partial charge in [-0.05, 0) is 67.5 Å². The minimum Gasteiger partial charge on any atom is -0.396 e. The number of aromatic nitrogens is 2. The molecule has 0 unspecified atom stereocenters. The first-order valence-corrected chi connectivity index (χ1v) is 8.57. The lowest BCUT2D eigenvalue weighted by Crippen LogP contribution is -2.52. The molecule has 0 saturated carbocycles. The maximum atomic E-state index is 9.44. The van der Waals surface area contributed by atoms with Crippen LogP contribution in [0, 0.1) is 0 Å². The Hall–Kier alpha value is -0.950. The number of piperidine rings is 1. The molecule has 3 rings (SSSR count). The molecule has 0 amide bonds. The Labute approximate surface area is 139 Å². The van der Waals surface area contributed by atoms with Gasteiger partial charge < -0.3 is 19.7 Å². The van der Waals surface area contributed by atoms with Crippen molar-refractivity contribution in [1.82, 2.24) is 19.6 Å². The highest BCUT2D eigenvalue weighted by molar-refractivity contribution is 9.10. The van der Waals surface area contributed by atoms with Crippen molar-refractivity contribution in [2.24, 2.45) is 0 Å². The van der Waals surface area contributed by atoms with E-state index in [2.05, 4.69) is 42.6 Å². The number of pyridine rings is 1. The first-order chi connectivity index (χ1) is 10.6. The van der Waals surface area contributed by atoms with Crippen molar-refractivity contribution < 1.29 is 5.11 Å². The van der Waals surface area contributed by atoms with E-state index in [-0.39, 0.29) is 12.1 Å². The SMILES string of the molecule is CN1CCC(CCO)(NCc2cnc3ccc(Br)cn23)CC1. The maximum absolute atomic E-state index is 9.44. The lowest BCUT2D eigenvalue weighted by atomic mass is 9.84. The van der Waals surface area contributed by atoms with Crippen molar-refractivity contribution in [2.75, 3.05) is 26.7 Å². The number of halogens is 1. The summed E-state index contributed by atoms with van der Waals surface area (Å²) in [4.78, 5) is 6.80. The number of hydrogen-bond donors (Lipinski definition) is 2.